The molecule has 0 spiro atoms. The monoisotopic (exact) mass is 402 g/mol. The molecule has 2 heterocycles. The van der Waals surface area contributed by atoms with Gasteiger partial charge in [0.1, 0.15) is 5.76 Å². The normalized spacial score (nSPS) is 11.8. The van der Waals surface area contributed by atoms with E-state index >= 15 is 0 Å². The average Bonchev–Trinajstić information content (AvgIpc) is 3.35. The highest BCUT2D eigenvalue weighted by atomic mass is 32.2. The summed E-state index contributed by atoms with van der Waals surface area (Å²) in [6.07, 6.45) is 4.25. The zero-order chi connectivity index (χ0) is 20.0. The smallest absolute Gasteiger partial charge is 0.331 e. The van der Waals surface area contributed by atoms with Crippen molar-refractivity contribution in [1.82, 2.24) is 9.88 Å². The van der Waals surface area contributed by atoms with Crippen LogP contribution in [0.5, 0.6) is 0 Å². The van der Waals surface area contributed by atoms with E-state index in [2.05, 4.69) is 9.88 Å². The topological polar surface area (TPSA) is 112 Å². The number of ether oxygens (including phenoxy) is 1. The van der Waals surface area contributed by atoms with Crippen LogP contribution < -0.4 is 4.72 Å². The quantitative estimate of drug-likeness (QED) is 0.455. The fourth-order valence-electron chi connectivity index (χ4n) is 2.26. The number of nitrogens with one attached hydrogen (secondary N) is 1. The first kappa shape index (κ1) is 19.6. The van der Waals surface area contributed by atoms with Gasteiger partial charge in [-0.05, 0) is 42.8 Å². The van der Waals surface area contributed by atoms with Gasteiger partial charge in [0.2, 0.25) is 10.0 Å². The van der Waals surface area contributed by atoms with Gasteiger partial charge < -0.3 is 13.7 Å². The van der Waals surface area contributed by atoms with Crippen LogP contribution in [-0.4, -0.2) is 19.5 Å². The highest BCUT2D eigenvalue weighted by Crippen LogP contribution is 2.13. The van der Waals surface area contributed by atoms with E-state index in [9.17, 15) is 13.2 Å². The summed E-state index contributed by atoms with van der Waals surface area (Å²) >= 11 is 0. The molecule has 2 aromatic heterocycles. The summed E-state index contributed by atoms with van der Waals surface area (Å²) in [5.74, 6) is 0.420. The first-order valence-electron chi connectivity index (χ1n) is 8.31. The Labute approximate surface area is 161 Å². The number of nitrogens with zero attached hydrogens (tertiary/aromatic N) is 1. The maximum atomic E-state index is 12.3. The Bertz CT molecular complexity index is 1050. The second-order valence-electron chi connectivity index (χ2n) is 5.85. The highest BCUT2D eigenvalue weighted by molar-refractivity contribution is 7.89. The van der Waals surface area contributed by atoms with Crippen molar-refractivity contribution in [2.24, 2.45) is 0 Å². The SMILES string of the molecule is Cc1cc(COC(=O)/C=C/c2ccc(S(=O)(=O)NCc3ccco3)cc2)on1. The molecule has 0 saturated carbocycles. The molecule has 0 fully saturated rings. The van der Waals surface area contributed by atoms with E-state index < -0.39 is 16.0 Å². The summed E-state index contributed by atoms with van der Waals surface area (Å²) in [6.45, 7) is 1.82. The van der Waals surface area contributed by atoms with Gasteiger partial charge in [0.15, 0.2) is 12.4 Å². The largest absolute Gasteiger partial charge is 0.468 e. The maximum Gasteiger partial charge on any atom is 0.331 e. The summed E-state index contributed by atoms with van der Waals surface area (Å²) in [7, 11) is -3.66. The van der Waals surface area contributed by atoms with Crippen LogP contribution in [0.2, 0.25) is 0 Å². The van der Waals surface area contributed by atoms with Gasteiger partial charge in [0, 0.05) is 12.1 Å². The van der Waals surface area contributed by atoms with E-state index in [1.165, 1.54) is 30.5 Å². The first-order valence-corrected chi connectivity index (χ1v) is 9.80. The van der Waals surface area contributed by atoms with Gasteiger partial charge in [-0.2, -0.15) is 0 Å². The van der Waals surface area contributed by atoms with Crippen molar-refractivity contribution >= 4 is 22.1 Å². The van der Waals surface area contributed by atoms with Crippen molar-refractivity contribution in [1.29, 1.82) is 0 Å². The molecule has 0 saturated heterocycles. The van der Waals surface area contributed by atoms with Crippen molar-refractivity contribution in [3.05, 3.63) is 77.6 Å². The van der Waals surface area contributed by atoms with Crippen LogP contribution in [0.1, 0.15) is 22.8 Å². The molecule has 0 aliphatic heterocycles. The lowest BCUT2D eigenvalue weighted by atomic mass is 10.2. The molecular formula is C19H18N2O6S. The third kappa shape index (κ3) is 5.41. The van der Waals surface area contributed by atoms with Crippen molar-refractivity contribution in [3.63, 3.8) is 0 Å². The molecule has 9 heteroatoms. The van der Waals surface area contributed by atoms with Crippen LogP contribution in [0.25, 0.3) is 6.08 Å². The summed E-state index contributed by atoms with van der Waals surface area (Å²) in [4.78, 5) is 11.8. The third-order valence-electron chi connectivity index (χ3n) is 3.65. The molecule has 3 aromatic rings. The first-order chi connectivity index (χ1) is 13.4. The van der Waals surface area contributed by atoms with Crippen molar-refractivity contribution in [2.45, 2.75) is 25.0 Å². The average molecular weight is 402 g/mol. The molecule has 0 amide bonds. The number of hydrogen-bond acceptors (Lipinski definition) is 7. The molecule has 0 aliphatic rings. The molecule has 1 N–H and O–H groups in total. The van der Waals surface area contributed by atoms with Crippen LogP contribution in [0.4, 0.5) is 0 Å². The van der Waals surface area contributed by atoms with E-state index in [0.717, 1.165) is 0 Å². The molecule has 0 bridgehead atoms. The summed E-state index contributed by atoms with van der Waals surface area (Å²) in [5, 5.41) is 3.70. The number of sulfonamides is 1. The Hall–Kier alpha value is -3.17. The van der Waals surface area contributed by atoms with Crippen LogP contribution >= 0.6 is 0 Å². The highest BCUT2D eigenvalue weighted by Gasteiger charge is 2.14. The van der Waals surface area contributed by atoms with Gasteiger partial charge in [0.25, 0.3) is 0 Å². The molecule has 8 nitrogen and oxygen atoms in total. The fourth-order valence-corrected chi connectivity index (χ4v) is 3.25. The molecule has 0 unspecified atom stereocenters. The Morgan fingerprint density at radius 2 is 2.00 bits per heavy atom. The minimum absolute atomic E-state index is 0.0114. The minimum Gasteiger partial charge on any atom is -0.468 e. The number of rotatable bonds is 8. The molecule has 0 radical (unpaired) electrons. The number of carbonyl (C=O) groups excluding carboxylic acids is 1. The van der Waals surface area contributed by atoms with Gasteiger partial charge in [-0.1, -0.05) is 17.3 Å². The van der Waals surface area contributed by atoms with E-state index in [1.54, 1.807) is 37.3 Å². The molecule has 0 atom stereocenters. The van der Waals surface area contributed by atoms with Gasteiger partial charge >= 0.3 is 5.97 Å². The fraction of sp³-hybridized carbons (Fsp3) is 0.158. The number of carbonyl (C=O) groups is 1. The molecule has 0 aliphatic carbocycles. The lowest BCUT2D eigenvalue weighted by Crippen LogP contribution is -2.22. The van der Waals surface area contributed by atoms with Gasteiger partial charge in [-0.25, -0.2) is 17.9 Å². The summed E-state index contributed by atoms with van der Waals surface area (Å²) in [6, 6.07) is 11.1. The van der Waals surface area contributed by atoms with Gasteiger partial charge in [-0.3, -0.25) is 0 Å². The molecule has 146 valence electrons. The Morgan fingerprint density at radius 1 is 1.21 bits per heavy atom. The van der Waals surface area contributed by atoms with Crippen molar-refractivity contribution < 1.29 is 26.9 Å². The molecule has 1 aromatic carbocycles. The number of esters is 1. The zero-order valence-corrected chi connectivity index (χ0v) is 15.8. The zero-order valence-electron chi connectivity index (χ0n) is 15.0. The number of hydrogen-bond donors (Lipinski definition) is 1. The van der Waals surface area contributed by atoms with Crippen LogP contribution in [0, 0.1) is 6.92 Å². The second kappa shape index (κ2) is 8.68. The number of furan rings is 1. The Morgan fingerprint density at radius 3 is 2.64 bits per heavy atom. The van der Waals surface area contributed by atoms with E-state index in [1.807, 2.05) is 0 Å². The standard InChI is InChI=1S/C19H18N2O6S/c1-14-11-17(27-21-14)13-26-19(22)9-6-15-4-7-18(8-5-15)28(23,24)20-12-16-3-2-10-25-16/h2-11,20H,12-13H2,1H3/b9-6+. The predicted octanol–water partition coefficient (Wildman–Crippen LogP) is 2.81. The lowest BCUT2D eigenvalue weighted by molar-refractivity contribution is -0.139. The van der Waals surface area contributed by atoms with Crippen molar-refractivity contribution in [2.75, 3.05) is 0 Å². The number of aromatic nitrogens is 1. The summed E-state index contributed by atoms with van der Waals surface area (Å²) in [5.41, 5.74) is 1.35. The van der Waals surface area contributed by atoms with E-state index in [4.69, 9.17) is 13.7 Å². The number of aryl methyl sites for hydroxylation is 1. The maximum absolute atomic E-state index is 12.3. The van der Waals surface area contributed by atoms with Crippen molar-refractivity contribution in [3.8, 4) is 0 Å². The molecular weight excluding hydrogens is 384 g/mol. The van der Waals surface area contributed by atoms with E-state index in [-0.39, 0.29) is 18.0 Å². The van der Waals surface area contributed by atoms with Crippen LogP contribution in [-0.2, 0) is 32.7 Å². The third-order valence-corrected chi connectivity index (χ3v) is 5.07. The Kier molecular flexibility index (Phi) is 6.07. The number of benzene rings is 1. The minimum atomic E-state index is -3.66. The van der Waals surface area contributed by atoms with Gasteiger partial charge in [0.05, 0.1) is 23.4 Å². The van der Waals surface area contributed by atoms with Crippen LogP contribution in [0.3, 0.4) is 0 Å². The lowest BCUT2D eigenvalue weighted by Gasteiger charge is -2.05. The predicted molar refractivity (Wildman–Crippen MR) is 99.2 cm³/mol. The van der Waals surface area contributed by atoms with Gasteiger partial charge in [-0.15, -0.1) is 0 Å². The summed E-state index contributed by atoms with van der Waals surface area (Å²) < 4.78 is 42.1. The Balaban J connectivity index is 1.54. The molecule has 28 heavy (non-hydrogen) atoms. The second-order valence-corrected chi connectivity index (χ2v) is 7.62. The molecule has 3 rings (SSSR count). The van der Waals surface area contributed by atoms with E-state index in [0.29, 0.717) is 22.8 Å². The van der Waals surface area contributed by atoms with Crippen LogP contribution in [0.15, 0.2) is 68.6 Å².